The lowest BCUT2D eigenvalue weighted by atomic mass is 10.4. The summed E-state index contributed by atoms with van der Waals surface area (Å²) in [5.41, 5.74) is 0.542. The molecule has 2 aromatic rings. The lowest BCUT2D eigenvalue weighted by molar-refractivity contribution is -0.390. The van der Waals surface area contributed by atoms with Crippen molar-refractivity contribution in [2.45, 2.75) is 13.5 Å². The van der Waals surface area contributed by atoms with E-state index in [4.69, 9.17) is 11.6 Å². The second kappa shape index (κ2) is 4.18. The maximum Gasteiger partial charge on any atom is 0.392 e. The zero-order valence-corrected chi connectivity index (χ0v) is 9.83. The number of nitrogens with zero attached hydrogens (tertiary/aromatic N) is 4. The normalized spacial score (nSPS) is 10.6. The summed E-state index contributed by atoms with van der Waals surface area (Å²) in [4.78, 5) is 14.9. The van der Waals surface area contributed by atoms with Crippen LogP contribution in [0, 0.1) is 17.0 Å². The van der Waals surface area contributed by atoms with Gasteiger partial charge in [0.2, 0.25) is 0 Å². The van der Waals surface area contributed by atoms with Crippen molar-refractivity contribution >= 4 is 28.8 Å². The van der Waals surface area contributed by atoms with Crippen molar-refractivity contribution in [1.82, 2.24) is 14.8 Å². The van der Waals surface area contributed by atoms with Crippen LogP contribution < -0.4 is 0 Å². The SMILES string of the molecule is Cc1cn(Cc2cnc(Cl)s2)nc1[N+](=O)[O-]. The first-order valence-corrected chi connectivity index (χ1v) is 5.54. The largest absolute Gasteiger partial charge is 0.392 e. The molecular weight excluding hydrogens is 252 g/mol. The Morgan fingerprint density at radius 1 is 1.69 bits per heavy atom. The Bertz CT molecular complexity index is 536. The highest BCUT2D eigenvalue weighted by Gasteiger charge is 2.17. The second-order valence-electron chi connectivity index (χ2n) is 3.17. The Morgan fingerprint density at radius 3 is 2.94 bits per heavy atom. The van der Waals surface area contributed by atoms with E-state index in [2.05, 4.69) is 10.1 Å². The van der Waals surface area contributed by atoms with Crippen LogP contribution in [0.1, 0.15) is 10.4 Å². The number of nitro groups is 1. The minimum atomic E-state index is -0.495. The fraction of sp³-hybridized carbons (Fsp3) is 0.250. The quantitative estimate of drug-likeness (QED) is 0.625. The van der Waals surface area contributed by atoms with Gasteiger partial charge in [0.05, 0.1) is 23.4 Å². The molecule has 0 saturated heterocycles. The summed E-state index contributed by atoms with van der Waals surface area (Å²) in [6.45, 7) is 2.10. The highest BCUT2D eigenvalue weighted by atomic mass is 35.5. The van der Waals surface area contributed by atoms with Gasteiger partial charge >= 0.3 is 5.82 Å². The fourth-order valence-electron chi connectivity index (χ4n) is 1.29. The van der Waals surface area contributed by atoms with Crippen LogP contribution in [0.2, 0.25) is 4.47 Å². The number of rotatable bonds is 3. The summed E-state index contributed by atoms with van der Waals surface area (Å²) in [5.74, 6) is -0.115. The molecular formula is C8H7ClN4O2S. The number of aromatic nitrogens is 3. The van der Waals surface area contributed by atoms with Crippen molar-refractivity contribution in [3.63, 3.8) is 0 Å². The average molecular weight is 259 g/mol. The third-order valence-electron chi connectivity index (χ3n) is 1.93. The Balaban J connectivity index is 2.22. The molecule has 0 bridgehead atoms. The molecule has 0 unspecified atom stereocenters. The van der Waals surface area contributed by atoms with Crippen LogP contribution in [-0.2, 0) is 6.54 Å². The molecule has 0 aliphatic carbocycles. The number of hydrogen-bond acceptors (Lipinski definition) is 5. The van der Waals surface area contributed by atoms with Gasteiger partial charge in [0.25, 0.3) is 0 Å². The van der Waals surface area contributed by atoms with Crippen molar-refractivity contribution in [2.24, 2.45) is 0 Å². The van der Waals surface area contributed by atoms with Crippen molar-refractivity contribution < 1.29 is 4.92 Å². The Labute approximate surface area is 99.6 Å². The van der Waals surface area contributed by atoms with E-state index in [0.29, 0.717) is 16.6 Å². The third kappa shape index (κ3) is 2.20. The number of aryl methyl sites for hydroxylation is 1. The van der Waals surface area contributed by atoms with Crippen molar-refractivity contribution in [1.29, 1.82) is 0 Å². The van der Waals surface area contributed by atoms with Gasteiger partial charge in [-0.2, -0.15) is 4.68 Å². The molecule has 84 valence electrons. The van der Waals surface area contributed by atoms with E-state index in [1.807, 2.05) is 0 Å². The molecule has 0 N–H and O–H groups in total. The molecule has 0 aliphatic rings. The van der Waals surface area contributed by atoms with Gasteiger partial charge in [0, 0.05) is 11.1 Å². The highest BCUT2D eigenvalue weighted by molar-refractivity contribution is 7.15. The Morgan fingerprint density at radius 2 is 2.44 bits per heavy atom. The van der Waals surface area contributed by atoms with E-state index in [9.17, 15) is 10.1 Å². The summed E-state index contributed by atoms with van der Waals surface area (Å²) in [6.07, 6.45) is 3.27. The van der Waals surface area contributed by atoms with Gasteiger partial charge in [0.1, 0.15) is 0 Å². The van der Waals surface area contributed by atoms with Gasteiger partial charge in [-0.25, -0.2) is 4.98 Å². The molecule has 0 fully saturated rings. The summed E-state index contributed by atoms with van der Waals surface area (Å²) in [7, 11) is 0. The maximum atomic E-state index is 10.6. The molecule has 0 aromatic carbocycles. The predicted octanol–water partition coefficient (Wildman–Crippen LogP) is 2.26. The van der Waals surface area contributed by atoms with E-state index < -0.39 is 4.92 Å². The highest BCUT2D eigenvalue weighted by Crippen LogP contribution is 2.20. The molecule has 0 aliphatic heterocycles. The second-order valence-corrected chi connectivity index (χ2v) is 4.87. The third-order valence-corrected chi connectivity index (χ3v) is 3.03. The fourth-order valence-corrected chi connectivity index (χ4v) is 2.26. The zero-order valence-electron chi connectivity index (χ0n) is 8.25. The zero-order chi connectivity index (χ0) is 11.7. The molecule has 6 nitrogen and oxygen atoms in total. The molecule has 2 aromatic heterocycles. The molecule has 0 radical (unpaired) electrons. The molecule has 16 heavy (non-hydrogen) atoms. The van der Waals surface area contributed by atoms with Crippen LogP contribution >= 0.6 is 22.9 Å². The van der Waals surface area contributed by atoms with E-state index in [1.165, 1.54) is 16.0 Å². The van der Waals surface area contributed by atoms with E-state index in [0.717, 1.165) is 4.88 Å². The molecule has 2 rings (SSSR count). The van der Waals surface area contributed by atoms with E-state index >= 15 is 0 Å². The molecule has 0 spiro atoms. The number of thiazole rings is 1. The predicted molar refractivity (Wildman–Crippen MR) is 59.8 cm³/mol. The smallest absolute Gasteiger partial charge is 0.358 e. The minimum absolute atomic E-state index is 0.115. The van der Waals surface area contributed by atoms with Gasteiger partial charge in [-0.05, 0) is 11.8 Å². The van der Waals surface area contributed by atoms with E-state index in [-0.39, 0.29) is 5.82 Å². The number of hydrogen-bond donors (Lipinski definition) is 0. The summed E-state index contributed by atoms with van der Waals surface area (Å²) >= 11 is 7.01. The lowest BCUT2D eigenvalue weighted by Gasteiger charge is -1.90. The van der Waals surface area contributed by atoms with Crippen LogP contribution in [0.15, 0.2) is 12.4 Å². The van der Waals surface area contributed by atoms with Crippen LogP contribution in [0.4, 0.5) is 5.82 Å². The lowest BCUT2D eigenvalue weighted by Crippen LogP contribution is -1.99. The van der Waals surface area contributed by atoms with Crippen molar-refractivity contribution in [2.75, 3.05) is 0 Å². The summed E-state index contributed by atoms with van der Waals surface area (Å²) in [5, 5.41) is 14.5. The molecule has 8 heteroatoms. The van der Waals surface area contributed by atoms with Crippen molar-refractivity contribution in [3.05, 3.63) is 37.4 Å². The minimum Gasteiger partial charge on any atom is -0.358 e. The maximum absolute atomic E-state index is 10.6. The van der Waals surface area contributed by atoms with Gasteiger partial charge in [-0.1, -0.05) is 11.6 Å². The first-order chi connectivity index (χ1) is 7.56. The first kappa shape index (κ1) is 11.0. The van der Waals surface area contributed by atoms with Gasteiger partial charge in [0.15, 0.2) is 4.47 Å². The standard InChI is InChI=1S/C8H7ClN4O2S/c1-5-3-12(11-7(5)13(14)15)4-6-2-10-8(9)16-6/h2-3H,4H2,1H3. The summed E-state index contributed by atoms with van der Waals surface area (Å²) in [6, 6.07) is 0. The first-order valence-electron chi connectivity index (χ1n) is 4.35. The average Bonchev–Trinajstić information content (AvgIpc) is 2.73. The molecule has 0 amide bonds. The summed E-state index contributed by atoms with van der Waals surface area (Å²) < 4.78 is 1.96. The van der Waals surface area contributed by atoms with Gasteiger partial charge < -0.3 is 10.1 Å². The topological polar surface area (TPSA) is 73.8 Å². The molecule has 2 heterocycles. The van der Waals surface area contributed by atoms with Crippen LogP contribution in [0.25, 0.3) is 0 Å². The Hall–Kier alpha value is -1.47. The Kier molecular flexibility index (Phi) is 2.88. The van der Waals surface area contributed by atoms with Crippen LogP contribution in [-0.4, -0.2) is 19.7 Å². The van der Waals surface area contributed by atoms with Crippen molar-refractivity contribution in [3.8, 4) is 0 Å². The van der Waals surface area contributed by atoms with Crippen LogP contribution in [0.3, 0.4) is 0 Å². The van der Waals surface area contributed by atoms with Crippen LogP contribution in [0.5, 0.6) is 0 Å². The van der Waals surface area contributed by atoms with E-state index in [1.54, 1.807) is 19.3 Å². The number of halogens is 1. The van der Waals surface area contributed by atoms with Gasteiger partial charge in [-0.3, -0.25) is 0 Å². The molecule has 0 saturated carbocycles. The molecule has 0 atom stereocenters. The monoisotopic (exact) mass is 258 g/mol. The van der Waals surface area contributed by atoms with Gasteiger partial charge in [-0.15, -0.1) is 11.3 Å².